The highest BCUT2D eigenvalue weighted by molar-refractivity contribution is 5.90. The van der Waals surface area contributed by atoms with E-state index >= 15 is 0 Å². The van der Waals surface area contributed by atoms with Crippen LogP contribution < -0.4 is 0 Å². The standard InChI is InChI=1S/C37H66O7/c1-3-4-5-6-7-8-9-10-11-12-13-17-23-33(40)35-25-26-36(44-35)34(41)24-18-15-14-16-20-31(38)21-19-22-32(39)28-30-27-29(2)43-37(30)42/h12-13,27,29,31-36,38-41H,3-11,14-26,28H2,1-2H3/b13-12-/t29-,31?,32+,33+,34+,35+,36+/m0/s1. The van der Waals surface area contributed by atoms with Crippen molar-refractivity contribution in [1.29, 1.82) is 0 Å². The number of ether oxygens (including phenoxy) is 2. The maximum absolute atomic E-state index is 11.7. The minimum Gasteiger partial charge on any atom is -0.455 e. The average molecular weight is 623 g/mol. The van der Waals surface area contributed by atoms with Crippen molar-refractivity contribution in [3.63, 3.8) is 0 Å². The molecule has 2 aliphatic heterocycles. The number of allylic oxidation sites excluding steroid dienone is 2. The number of cyclic esters (lactones) is 1. The summed E-state index contributed by atoms with van der Waals surface area (Å²) >= 11 is 0. The van der Waals surface area contributed by atoms with Gasteiger partial charge in [0, 0.05) is 12.0 Å². The molecular formula is C37H66O7. The molecule has 0 aromatic rings. The molecule has 0 radical (unpaired) electrons. The molecule has 2 heterocycles. The highest BCUT2D eigenvalue weighted by atomic mass is 16.5. The molecule has 0 bridgehead atoms. The summed E-state index contributed by atoms with van der Waals surface area (Å²) in [7, 11) is 0. The molecule has 0 aromatic heterocycles. The molecule has 2 aliphatic rings. The zero-order valence-electron chi connectivity index (χ0n) is 28.1. The van der Waals surface area contributed by atoms with Gasteiger partial charge in [0.2, 0.25) is 0 Å². The quantitative estimate of drug-likeness (QED) is 0.0423. The number of rotatable bonds is 27. The Labute approximate surface area is 268 Å². The van der Waals surface area contributed by atoms with Crippen LogP contribution in [0.15, 0.2) is 23.8 Å². The molecule has 1 saturated heterocycles. The fraction of sp³-hybridized carbons (Fsp3) is 0.865. The lowest BCUT2D eigenvalue weighted by molar-refractivity contribution is -0.139. The second-order valence-electron chi connectivity index (χ2n) is 13.5. The number of aliphatic hydroxyl groups excluding tert-OH is 4. The van der Waals surface area contributed by atoms with Gasteiger partial charge < -0.3 is 29.9 Å². The van der Waals surface area contributed by atoms with Crippen LogP contribution in [0.1, 0.15) is 162 Å². The van der Waals surface area contributed by atoms with Gasteiger partial charge in [-0.1, -0.05) is 89.7 Å². The molecular weight excluding hydrogens is 556 g/mol. The third-order valence-corrected chi connectivity index (χ3v) is 9.27. The van der Waals surface area contributed by atoms with E-state index in [0.29, 0.717) is 37.7 Å². The molecule has 7 atom stereocenters. The second-order valence-corrected chi connectivity index (χ2v) is 13.5. The van der Waals surface area contributed by atoms with E-state index in [4.69, 9.17) is 9.47 Å². The van der Waals surface area contributed by atoms with Crippen LogP contribution in [0, 0.1) is 0 Å². The second kappa shape index (κ2) is 24.0. The molecule has 256 valence electrons. The van der Waals surface area contributed by atoms with Crippen molar-refractivity contribution in [2.24, 2.45) is 0 Å². The van der Waals surface area contributed by atoms with Crippen LogP contribution in [0.2, 0.25) is 0 Å². The first-order valence-electron chi connectivity index (χ1n) is 18.2. The van der Waals surface area contributed by atoms with Crippen molar-refractivity contribution in [1.82, 2.24) is 0 Å². The molecule has 0 saturated carbocycles. The van der Waals surface area contributed by atoms with Gasteiger partial charge in [-0.25, -0.2) is 4.79 Å². The zero-order valence-corrected chi connectivity index (χ0v) is 28.1. The summed E-state index contributed by atoms with van der Waals surface area (Å²) in [4.78, 5) is 11.7. The maximum Gasteiger partial charge on any atom is 0.334 e. The van der Waals surface area contributed by atoms with Crippen LogP contribution in [0.25, 0.3) is 0 Å². The Morgan fingerprint density at radius 2 is 1.25 bits per heavy atom. The topological polar surface area (TPSA) is 116 Å². The van der Waals surface area contributed by atoms with Gasteiger partial charge in [0.05, 0.1) is 36.6 Å². The van der Waals surface area contributed by atoms with Crippen molar-refractivity contribution >= 4 is 5.97 Å². The molecule has 4 N–H and O–H groups in total. The van der Waals surface area contributed by atoms with E-state index in [9.17, 15) is 25.2 Å². The van der Waals surface area contributed by atoms with Crippen LogP contribution in [0.4, 0.5) is 0 Å². The lowest BCUT2D eigenvalue weighted by atomic mass is 9.99. The maximum atomic E-state index is 11.7. The third-order valence-electron chi connectivity index (χ3n) is 9.27. The van der Waals surface area contributed by atoms with Gasteiger partial charge in [-0.2, -0.15) is 0 Å². The smallest absolute Gasteiger partial charge is 0.334 e. The monoisotopic (exact) mass is 622 g/mol. The molecule has 1 unspecified atom stereocenters. The largest absolute Gasteiger partial charge is 0.455 e. The summed E-state index contributed by atoms with van der Waals surface area (Å²) in [5.41, 5.74) is 0.551. The van der Waals surface area contributed by atoms with E-state index in [2.05, 4.69) is 19.1 Å². The Morgan fingerprint density at radius 1 is 0.705 bits per heavy atom. The SMILES string of the molecule is CCCCCCCCCC/C=C\CC[C@@H](O)[C@H]1CC[C@H]([C@H](O)CCCCCCC(O)CCC[C@@H](O)CC2=C[C@H](C)OC2=O)O1. The van der Waals surface area contributed by atoms with Crippen molar-refractivity contribution in [3.05, 3.63) is 23.8 Å². The fourth-order valence-electron chi connectivity index (χ4n) is 6.48. The molecule has 0 spiro atoms. The van der Waals surface area contributed by atoms with Crippen LogP contribution in [-0.2, 0) is 14.3 Å². The van der Waals surface area contributed by atoms with E-state index in [1.807, 2.05) is 0 Å². The van der Waals surface area contributed by atoms with Crippen LogP contribution in [-0.4, -0.2) is 69.1 Å². The summed E-state index contributed by atoms with van der Waals surface area (Å²) in [5, 5.41) is 41.7. The van der Waals surface area contributed by atoms with Gasteiger partial charge in [-0.3, -0.25) is 0 Å². The molecule has 0 aliphatic carbocycles. The van der Waals surface area contributed by atoms with Gasteiger partial charge in [0.15, 0.2) is 0 Å². The Kier molecular flexibility index (Phi) is 21.2. The Morgan fingerprint density at radius 3 is 1.91 bits per heavy atom. The summed E-state index contributed by atoms with van der Waals surface area (Å²) in [6.45, 7) is 4.06. The molecule has 0 aromatic carbocycles. The Bertz CT molecular complexity index is 797. The lowest BCUT2D eigenvalue weighted by Crippen LogP contribution is -2.30. The van der Waals surface area contributed by atoms with Crippen molar-refractivity contribution in [2.45, 2.75) is 204 Å². The first kappa shape index (κ1) is 38.9. The van der Waals surface area contributed by atoms with Crippen LogP contribution >= 0.6 is 0 Å². The summed E-state index contributed by atoms with van der Waals surface area (Å²) in [5.74, 6) is -0.332. The molecule has 0 amide bonds. The van der Waals surface area contributed by atoms with Crippen molar-refractivity contribution in [3.8, 4) is 0 Å². The number of aliphatic hydroxyl groups is 4. The number of esters is 1. The lowest BCUT2D eigenvalue weighted by Gasteiger charge is -2.22. The van der Waals surface area contributed by atoms with Crippen LogP contribution in [0.5, 0.6) is 0 Å². The average Bonchev–Trinajstić information content (AvgIpc) is 3.61. The molecule has 44 heavy (non-hydrogen) atoms. The number of hydrogen-bond donors (Lipinski definition) is 4. The number of unbranched alkanes of at least 4 members (excludes halogenated alkanes) is 11. The molecule has 7 heteroatoms. The summed E-state index contributed by atoms with van der Waals surface area (Å²) < 4.78 is 11.1. The third kappa shape index (κ3) is 17.4. The van der Waals surface area contributed by atoms with Gasteiger partial charge in [0.1, 0.15) is 6.10 Å². The molecule has 1 fully saturated rings. The number of carbonyl (C=O) groups excluding carboxylic acids is 1. The predicted octanol–water partition coefficient (Wildman–Crippen LogP) is 7.62. The highest BCUT2D eigenvalue weighted by Gasteiger charge is 2.34. The first-order valence-corrected chi connectivity index (χ1v) is 18.2. The zero-order chi connectivity index (χ0) is 32.0. The van der Waals surface area contributed by atoms with E-state index in [1.54, 1.807) is 13.0 Å². The van der Waals surface area contributed by atoms with Crippen molar-refractivity contribution < 1.29 is 34.7 Å². The van der Waals surface area contributed by atoms with E-state index in [-0.39, 0.29) is 30.4 Å². The Balaban J connectivity index is 1.41. The Hall–Kier alpha value is -1.25. The molecule has 7 nitrogen and oxygen atoms in total. The van der Waals surface area contributed by atoms with Gasteiger partial charge in [0.25, 0.3) is 0 Å². The van der Waals surface area contributed by atoms with E-state index < -0.39 is 18.3 Å². The minimum atomic E-state index is -0.587. The van der Waals surface area contributed by atoms with E-state index in [1.165, 1.54) is 51.4 Å². The summed E-state index contributed by atoms with van der Waals surface area (Å²) in [6, 6.07) is 0. The summed E-state index contributed by atoms with van der Waals surface area (Å²) in [6.07, 6.45) is 26.4. The fourth-order valence-corrected chi connectivity index (χ4v) is 6.48. The predicted molar refractivity (Wildman–Crippen MR) is 177 cm³/mol. The highest BCUT2D eigenvalue weighted by Crippen LogP contribution is 2.28. The molecule has 2 rings (SSSR count). The van der Waals surface area contributed by atoms with Gasteiger partial charge in [-0.05, 0) is 83.6 Å². The van der Waals surface area contributed by atoms with Gasteiger partial charge in [-0.15, -0.1) is 0 Å². The number of hydrogen-bond acceptors (Lipinski definition) is 7. The minimum absolute atomic E-state index is 0.168. The van der Waals surface area contributed by atoms with Gasteiger partial charge >= 0.3 is 5.97 Å². The first-order chi connectivity index (χ1) is 21.3. The number of carbonyl (C=O) groups is 1. The van der Waals surface area contributed by atoms with Crippen LogP contribution in [0.3, 0.4) is 0 Å². The van der Waals surface area contributed by atoms with E-state index in [0.717, 1.165) is 64.2 Å². The van der Waals surface area contributed by atoms with Crippen molar-refractivity contribution in [2.75, 3.05) is 0 Å². The normalized spacial score (nSPS) is 23.2.